The molecule has 1 aromatic heterocycles. The number of carbonyl (C=O) groups excluding carboxylic acids is 2. The average molecular weight is 1070 g/mol. The first kappa shape index (κ1) is 37.9. The predicted octanol–water partition coefficient (Wildman–Crippen LogP) is -0.00863. The number of hydrogen-bond acceptors (Lipinski definition) is 6. The third kappa shape index (κ3) is 8.60. The van der Waals surface area contributed by atoms with E-state index in [1.54, 1.807) is 17.4 Å². The van der Waals surface area contributed by atoms with Gasteiger partial charge in [-0.1, -0.05) is 0 Å². The van der Waals surface area contributed by atoms with E-state index in [2.05, 4.69) is 38.1 Å². The van der Waals surface area contributed by atoms with E-state index in [1.165, 1.54) is 46.3 Å². The molecule has 7 rings (SSSR count). The van der Waals surface area contributed by atoms with Crippen LogP contribution >= 0.6 is 45.5 Å². The number of halogens is 6. The number of alkyl halides is 5. The molecule has 2 amide bonds. The van der Waals surface area contributed by atoms with E-state index in [0.29, 0.717) is 60.0 Å². The van der Waals surface area contributed by atoms with Crippen molar-refractivity contribution in [3.8, 4) is 0 Å². The molecule has 50 heavy (non-hydrogen) atoms. The van der Waals surface area contributed by atoms with E-state index in [1.807, 2.05) is 4.90 Å². The summed E-state index contributed by atoms with van der Waals surface area (Å²) in [6.07, 6.45) is 7.05. The molecule has 0 spiro atoms. The first-order chi connectivity index (χ1) is 23.9. The predicted molar refractivity (Wildman–Crippen MR) is 194 cm³/mol. The SMILES string of the molecule is CN1C2CCC1CC(N1CCN(C(=N)[C@@H](Cc3cc(Cl)cc(C(F)(F)I)c3)[I-]CC(=O)N3CCC(N4Cc5sccc5[I-]C4=O)CC3)CC1)C2. The number of hydrogen-bond donors (Lipinski definition) is 1. The number of fused-ring (bicyclic) bond motifs is 3. The Hall–Kier alpha value is -0.410. The van der Waals surface area contributed by atoms with Crippen LogP contribution in [0, 0.1) is 8.98 Å². The molecular weight excluding hydrogens is 1020 g/mol. The van der Waals surface area contributed by atoms with E-state index in [9.17, 15) is 23.8 Å². The summed E-state index contributed by atoms with van der Waals surface area (Å²) in [5.41, 5.74) is 0.559. The number of piperidine rings is 2. The van der Waals surface area contributed by atoms with Gasteiger partial charge >= 0.3 is 340 Å². The second-order valence-electron chi connectivity index (χ2n) is 14.2. The Morgan fingerprint density at radius 2 is 1.74 bits per heavy atom. The molecule has 0 aliphatic carbocycles. The van der Waals surface area contributed by atoms with Gasteiger partial charge in [0.25, 0.3) is 0 Å². The van der Waals surface area contributed by atoms with Crippen molar-refractivity contribution in [3.63, 3.8) is 0 Å². The van der Waals surface area contributed by atoms with Crippen LogP contribution in [0.2, 0.25) is 5.02 Å². The summed E-state index contributed by atoms with van der Waals surface area (Å²) in [6, 6.07) is 8.82. The van der Waals surface area contributed by atoms with Crippen LogP contribution in [0.5, 0.6) is 0 Å². The Balaban J connectivity index is 0.976. The van der Waals surface area contributed by atoms with Crippen LogP contribution in [-0.4, -0.2) is 119 Å². The van der Waals surface area contributed by atoms with Crippen molar-refractivity contribution in [2.45, 2.75) is 83.5 Å². The van der Waals surface area contributed by atoms with Crippen LogP contribution in [0.25, 0.3) is 0 Å². The van der Waals surface area contributed by atoms with Crippen LogP contribution in [0.3, 0.4) is 0 Å². The Kier molecular flexibility index (Phi) is 12.2. The summed E-state index contributed by atoms with van der Waals surface area (Å²) >= 11 is 7.76. The number of amidine groups is 1. The fourth-order valence-corrected chi connectivity index (χ4v) is 15.8. The van der Waals surface area contributed by atoms with Gasteiger partial charge in [0, 0.05) is 0 Å². The minimum absolute atomic E-state index is 0.110. The first-order valence-electron chi connectivity index (χ1n) is 17.5. The van der Waals surface area contributed by atoms with Gasteiger partial charge in [-0.05, 0) is 0 Å². The van der Waals surface area contributed by atoms with Crippen molar-refractivity contribution in [3.05, 3.63) is 54.2 Å². The van der Waals surface area contributed by atoms with E-state index >= 15 is 0 Å². The van der Waals surface area contributed by atoms with Gasteiger partial charge in [-0.3, -0.25) is 0 Å². The van der Waals surface area contributed by atoms with Crippen LogP contribution < -0.4 is 42.4 Å². The molecule has 6 heterocycles. The quantitative estimate of drug-likeness (QED) is 0.0958. The van der Waals surface area contributed by atoms with Gasteiger partial charge in [-0.25, -0.2) is 0 Å². The molecule has 3 atom stereocenters. The zero-order chi connectivity index (χ0) is 35.2. The topological polar surface area (TPSA) is 74.2 Å². The summed E-state index contributed by atoms with van der Waals surface area (Å²) < 4.78 is 27.4. The molecular formula is C35H44ClF2I3N6O2S-2. The molecule has 4 saturated heterocycles. The zero-order valence-electron chi connectivity index (χ0n) is 28.1. The number of rotatable bonds is 9. The van der Waals surface area contributed by atoms with Crippen LogP contribution in [0.4, 0.5) is 13.6 Å². The second kappa shape index (κ2) is 16.1. The van der Waals surface area contributed by atoms with Crippen molar-refractivity contribution in [1.82, 2.24) is 24.5 Å². The summed E-state index contributed by atoms with van der Waals surface area (Å²) in [4.78, 5) is 39.3. The van der Waals surface area contributed by atoms with Gasteiger partial charge in [0.2, 0.25) is 0 Å². The Morgan fingerprint density at radius 3 is 2.42 bits per heavy atom. The van der Waals surface area contributed by atoms with E-state index in [-0.39, 0.29) is 30.4 Å². The van der Waals surface area contributed by atoms with Crippen molar-refractivity contribution in [1.29, 1.82) is 5.41 Å². The molecule has 15 heteroatoms. The number of amides is 2. The molecule has 2 unspecified atom stereocenters. The molecule has 8 nitrogen and oxygen atoms in total. The van der Waals surface area contributed by atoms with E-state index in [4.69, 9.17) is 11.6 Å². The third-order valence-electron chi connectivity index (χ3n) is 11.3. The Bertz CT molecular complexity index is 1570. The van der Waals surface area contributed by atoms with Crippen LogP contribution in [-0.2, 0) is 21.7 Å². The van der Waals surface area contributed by atoms with Crippen molar-refractivity contribution in [2.75, 3.05) is 50.7 Å². The normalized spacial score (nSPS) is 26.2. The molecule has 0 radical (unpaired) electrons. The van der Waals surface area contributed by atoms with Crippen molar-refractivity contribution >= 4 is 61.2 Å². The number of likely N-dealkylation sites (tertiary alicyclic amines) is 1. The summed E-state index contributed by atoms with van der Waals surface area (Å²) in [5.74, 6) is 0.648. The molecule has 2 aromatic rings. The number of nitrogens with one attached hydrogen (secondary N) is 1. The van der Waals surface area contributed by atoms with Gasteiger partial charge in [0.05, 0.1) is 0 Å². The molecule has 5 aliphatic rings. The molecule has 4 fully saturated rings. The van der Waals surface area contributed by atoms with E-state index < -0.39 is 46.3 Å². The van der Waals surface area contributed by atoms with E-state index in [0.717, 1.165) is 61.6 Å². The fourth-order valence-electron chi connectivity index (χ4n) is 8.39. The average Bonchev–Trinajstić information content (AvgIpc) is 3.62. The monoisotopic (exact) mass is 1070 g/mol. The Morgan fingerprint density at radius 1 is 1.04 bits per heavy atom. The van der Waals surface area contributed by atoms with Crippen LogP contribution in [0.15, 0.2) is 29.6 Å². The third-order valence-corrected chi connectivity index (χ3v) is 19.3. The maximum atomic E-state index is 14.4. The maximum absolute atomic E-state index is 14.4. The molecule has 5 aliphatic heterocycles. The number of nitrogens with zero attached hydrogens (tertiary/aromatic N) is 5. The molecule has 276 valence electrons. The number of benzene rings is 1. The molecule has 1 N–H and O–H groups in total. The zero-order valence-corrected chi connectivity index (χ0v) is 36.2. The molecule has 1 aromatic carbocycles. The standard InChI is InChI=1S/C35H44ClF2I3N6O2S/c1-43-26-2-3-27(43)19-28(18-26)44-9-11-46(12-10-44)33(42)30(16-22-14-23(35(37,38)39)17-24(36)15-22)40-20-32(48)45-7-4-25(5-8-45)47-21-31-29(6-13-50-31)41-34(47)49/h6,13-15,17,25-28,30,42H,2-5,7-12,16,18-21H2,1H3/q-2/t26?,27?,28?,30-/m1/s1. The summed E-state index contributed by atoms with van der Waals surface area (Å²) in [6.45, 7) is 5.37. The van der Waals surface area contributed by atoms with Gasteiger partial charge in [-0.15, -0.1) is 0 Å². The number of carbonyl (C=O) groups is 2. The molecule has 2 bridgehead atoms. The fraction of sp³-hybridized carbons (Fsp3) is 0.629. The number of piperazine rings is 1. The summed E-state index contributed by atoms with van der Waals surface area (Å²) in [7, 11) is 2.27. The number of thiophene rings is 1. The summed E-state index contributed by atoms with van der Waals surface area (Å²) in [5, 5.41) is 11.8. The molecule has 0 saturated carbocycles. The van der Waals surface area contributed by atoms with Crippen LogP contribution in [0.1, 0.15) is 54.5 Å². The van der Waals surface area contributed by atoms with Gasteiger partial charge in [0.15, 0.2) is 0 Å². The van der Waals surface area contributed by atoms with Gasteiger partial charge in [0.1, 0.15) is 0 Å². The minimum atomic E-state index is -3.05. The van der Waals surface area contributed by atoms with Crippen molar-refractivity contribution in [2.24, 2.45) is 0 Å². The van der Waals surface area contributed by atoms with Gasteiger partial charge < -0.3 is 0 Å². The van der Waals surface area contributed by atoms with Crippen molar-refractivity contribution < 1.29 is 60.8 Å². The van der Waals surface area contributed by atoms with Gasteiger partial charge in [-0.2, -0.15) is 0 Å². The first-order valence-corrected chi connectivity index (χ1v) is 24.7. The second-order valence-corrected chi connectivity index (χ2v) is 22.7. The Labute approximate surface area is 337 Å².